The molecule has 0 saturated heterocycles. The summed E-state index contributed by atoms with van der Waals surface area (Å²) in [6.07, 6.45) is 0.393. The molecular formula is C14H22ClN3O2. The Morgan fingerprint density at radius 3 is 2.30 bits per heavy atom. The normalized spacial score (nSPS) is 9.50. The van der Waals surface area contributed by atoms with Gasteiger partial charge in [-0.1, -0.05) is 12.1 Å². The Morgan fingerprint density at radius 1 is 1.15 bits per heavy atom. The number of amides is 2. The lowest BCUT2D eigenvalue weighted by molar-refractivity contribution is -0.132. The lowest BCUT2D eigenvalue weighted by Gasteiger charge is -2.18. The van der Waals surface area contributed by atoms with Crippen molar-refractivity contribution in [3.8, 4) is 0 Å². The number of anilines is 2. The Hall–Kier alpha value is -1.75. The molecule has 112 valence electrons. The van der Waals surface area contributed by atoms with E-state index in [-0.39, 0.29) is 37.1 Å². The molecule has 0 fully saturated rings. The first-order valence-corrected chi connectivity index (χ1v) is 6.50. The number of nitrogens with zero attached hydrogens (tertiary/aromatic N) is 1. The van der Waals surface area contributed by atoms with Gasteiger partial charge in [-0.05, 0) is 26.0 Å². The van der Waals surface area contributed by atoms with Crippen LogP contribution < -0.4 is 11.1 Å². The fraction of sp³-hybridized carbons (Fsp3) is 0.429. The highest BCUT2D eigenvalue weighted by atomic mass is 35.5. The molecule has 0 spiro atoms. The minimum atomic E-state index is -0.196. The zero-order chi connectivity index (χ0) is 14.3. The van der Waals surface area contributed by atoms with E-state index in [4.69, 9.17) is 5.73 Å². The summed E-state index contributed by atoms with van der Waals surface area (Å²) in [5.74, 6) is -0.195. The summed E-state index contributed by atoms with van der Waals surface area (Å²) in [7, 11) is 0. The van der Waals surface area contributed by atoms with Crippen LogP contribution in [0.5, 0.6) is 0 Å². The molecule has 6 heteroatoms. The van der Waals surface area contributed by atoms with Crippen molar-refractivity contribution in [3.63, 3.8) is 0 Å². The number of carbonyl (C=O) groups is 2. The average Bonchev–Trinajstić information content (AvgIpc) is 2.40. The Bertz CT molecular complexity index is 448. The average molecular weight is 300 g/mol. The minimum absolute atomic E-state index is 0. The van der Waals surface area contributed by atoms with E-state index in [1.165, 1.54) is 0 Å². The van der Waals surface area contributed by atoms with Crippen LogP contribution in [0.2, 0.25) is 0 Å². The number of benzene rings is 1. The third-order valence-electron chi connectivity index (χ3n) is 2.92. The summed E-state index contributed by atoms with van der Waals surface area (Å²) in [5, 5.41) is 2.71. The molecule has 0 bridgehead atoms. The predicted octanol–water partition coefficient (Wildman–Crippen LogP) is 2.28. The Morgan fingerprint density at radius 2 is 1.75 bits per heavy atom. The van der Waals surface area contributed by atoms with Gasteiger partial charge in [-0.15, -0.1) is 12.4 Å². The first kappa shape index (κ1) is 18.2. The molecular weight excluding hydrogens is 278 g/mol. The van der Waals surface area contributed by atoms with Crippen molar-refractivity contribution in [1.82, 2.24) is 4.90 Å². The van der Waals surface area contributed by atoms with Crippen LogP contribution in [0.4, 0.5) is 11.4 Å². The van der Waals surface area contributed by atoms with Gasteiger partial charge in [0.15, 0.2) is 0 Å². The molecule has 0 aromatic heterocycles. The maximum absolute atomic E-state index is 11.8. The van der Waals surface area contributed by atoms with E-state index in [1.807, 2.05) is 13.8 Å². The fourth-order valence-corrected chi connectivity index (χ4v) is 1.78. The summed E-state index contributed by atoms with van der Waals surface area (Å²) in [6, 6.07) is 7.05. The van der Waals surface area contributed by atoms with Gasteiger partial charge in [0.25, 0.3) is 0 Å². The van der Waals surface area contributed by atoms with E-state index < -0.39 is 0 Å². The summed E-state index contributed by atoms with van der Waals surface area (Å²) >= 11 is 0. The maximum atomic E-state index is 11.8. The maximum Gasteiger partial charge on any atom is 0.224 e. The molecule has 5 nitrogen and oxygen atoms in total. The zero-order valence-corrected chi connectivity index (χ0v) is 12.7. The van der Waals surface area contributed by atoms with Crippen LogP contribution in [0.3, 0.4) is 0 Å². The third-order valence-corrected chi connectivity index (χ3v) is 2.92. The van der Waals surface area contributed by atoms with Crippen molar-refractivity contribution in [3.05, 3.63) is 24.3 Å². The molecule has 0 heterocycles. The van der Waals surface area contributed by atoms with Crippen LogP contribution in [0.1, 0.15) is 26.7 Å². The SMILES string of the molecule is CCN(CC)C(=O)CCC(=O)Nc1ccccc1N.Cl. The second-order valence-corrected chi connectivity index (χ2v) is 4.20. The second kappa shape index (κ2) is 9.20. The van der Waals surface area contributed by atoms with E-state index in [1.54, 1.807) is 29.2 Å². The van der Waals surface area contributed by atoms with Crippen molar-refractivity contribution < 1.29 is 9.59 Å². The van der Waals surface area contributed by atoms with Gasteiger partial charge in [-0.2, -0.15) is 0 Å². The van der Waals surface area contributed by atoms with E-state index in [0.717, 1.165) is 0 Å². The predicted molar refractivity (Wildman–Crippen MR) is 83.9 cm³/mol. The van der Waals surface area contributed by atoms with Gasteiger partial charge >= 0.3 is 0 Å². The Kier molecular flexibility index (Phi) is 8.40. The molecule has 1 aromatic rings. The molecule has 0 aliphatic carbocycles. The number of rotatable bonds is 6. The molecule has 1 aromatic carbocycles. The van der Waals surface area contributed by atoms with Gasteiger partial charge in [-0.3, -0.25) is 9.59 Å². The van der Waals surface area contributed by atoms with Gasteiger partial charge in [0.2, 0.25) is 11.8 Å². The standard InChI is InChI=1S/C14H21N3O2.ClH/c1-3-17(4-2)14(19)10-9-13(18)16-12-8-6-5-7-11(12)15;/h5-8H,3-4,9-10,15H2,1-2H3,(H,16,18);1H. The molecule has 2 amide bonds. The monoisotopic (exact) mass is 299 g/mol. The number of para-hydroxylation sites is 2. The molecule has 0 atom stereocenters. The van der Waals surface area contributed by atoms with Crippen LogP contribution in [0.25, 0.3) is 0 Å². The van der Waals surface area contributed by atoms with Crippen LogP contribution >= 0.6 is 12.4 Å². The van der Waals surface area contributed by atoms with E-state index in [9.17, 15) is 9.59 Å². The third kappa shape index (κ3) is 5.48. The van der Waals surface area contributed by atoms with Gasteiger partial charge < -0.3 is 16.0 Å². The van der Waals surface area contributed by atoms with E-state index in [2.05, 4.69) is 5.32 Å². The number of nitrogens with one attached hydrogen (secondary N) is 1. The van der Waals surface area contributed by atoms with Crippen molar-refractivity contribution in [2.75, 3.05) is 24.1 Å². The first-order chi connectivity index (χ1) is 9.08. The first-order valence-electron chi connectivity index (χ1n) is 6.50. The van der Waals surface area contributed by atoms with Crippen LogP contribution in [0.15, 0.2) is 24.3 Å². The molecule has 0 aliphatic rings. The summed E-state index contributed by atoms with van der Waals surface area (Å²) in [4.78, 5) is 25.2. The lowest BCUT2D eigenvalue weighted by Crippen LogP contribution is -2.31. The highest BCUT2D eigenvalue weighted by Gasteiger charge is 2.12. The van der Waals surface area contributed by atoms with Gasteiger partial charge in [0.1, 0.15) is 0 Å². The highest BCUT2D eigenvalue weighted by Crippen LogP contribution is 2.17. The second-order valence-electron chi connectivity index (χ2n) is 4.20. The zero-order valence-electron chi connectivity index (χ0n) is 11.9. The van der Waals surface area contributed by atoms with E-state index >= 15 is 0 Å². The molecule has 0 saturated carbocycles. The fourth-order valence-electron chi connectivity index (χ4n) is 1.78. The molecule has 0 unspecified atom stereocenters. The van der Waals surface area contributed by atoms with E-state index in [0.29, 0.717) is 24.5 Å². The van der Waals surface area contributed by atoms with Crippen LogP contribution in [0, 0.1) is 0 Å². The van der Waals surface area contributed by atoms with Crippen molar-refractivity contribution in [1.29, 1.82) is 0 Å². The molecule has 20 heavy (non-hydrogen) atoms. The number of carbonyl (C=O) groups excluding carboxylic acids is 2. The number of hydrogen-bond donors (Lipinski definition) is 2. The number of nitrogen functional groups attached to an aromatic ring is 1. The van der Waals surface area contributed by atoms with Crippen LogP contribution in [-0.4, -0.2) is 29.8 Å². The largest absolute Gasteiger partial charge is 0.397 e. The summed E-state index contributed by atoms with van der Waals surface area (Å²) in [5.41, 5.74) is 6.83. The van der Waals surface area contributed by atoms with Crippen molar-refractivity contribution in [2.24, 2.45) is 0 Å². The quantitative estimate of drug-likeness (QED) is 0.791. The molecule has 3 N–H and O–H groups in total. The Balaban J connectivity index is 0.00000361. The van der Waals surface area contributed by atoms with Crippen molar-refractivity contribution in [2.45, 2.75) is 26.7 Å². The molecule has 1 rings (SSSR count). The minimum Gasteiger partial charge on any atom is -0.397 e. The number of nitrogens with two attached hydrogens (primary N) is 1. The summed E-state index contributed by atoms with van der Waals surface area (Å²) in [6.45, 7) is 5.18. The van der Waals surface area contributed by atoms with Gasteiger partial charge in [0, 0.05) is 25.9 Å². The Labute approximate surface area is 125 Å². The molecule has 0 radical (unpaired) electrons. The van der Waals surface area contributed by atoms with Gasteiger partial charge in [0.05, 0.1) is 11.4 Å². The number of halogens is 1. The lowest BCUT2D eigenvalue weighted by atomic mass is 10.2. The smallest absolute Gasteiger partial charge is 0.224 e. The number of hydrogen-bond acceptors (Lipinski definition) is 3. The summed E-state index contributed by atoms with van der Waals surface area (Å²) < 4.78 is 0. The topological polar surface area (TPSA) is 75.4 Å². The van der Waals surface area contributed by atoms with Crippen molar-refractivity contribution >= 4 is 35.6 Å². The van der Waals surface area contributed by atoms with Gasteiger partial charge in [-0.25, -0.2) is 0 Å². The van der Waals surface area contributed by atoms with Crippen LogP contribution in [-0.2, 0) is 9.59 Å². The highest BCUT2D eigenvalue weighted by molar-refractivity contribution is 5.95. The molecule has 0 aliphatic heterocycles.